The van der Waals surface area contributed by atoms with Crippen LogP contribution in [0.4, 0.5) is 5.69 Å². The number of hydrazone groups is 1. The lowest BCUT2D eigenvalue weighted by Gasteiger charge is -2.06. The largest absolute Gasteiger partial charge is 0.356 e. The summed E-state index contributed by atoms with van der Waals surface area (Å²) in [5.41, 5.74) is 5.01. The van der Waals surface area contributed by atoms with Crippen LogP contribution in [0, 0.1) is 0 Å². The minimum absolute atomic E-state index is 0.141. The van der Waals surface area contributed by atoms with Gasteiger partial charge in [-0.15, -0.1) is 0 Å². The number of halogens is 1. The van der Waals surface area contributed by atoms with E-state index in [0.29, 0.717) is 17.1 Å². The van der Waals surface area contributed by atoms with Crippen LogP contribution in [0.5, 0.6) is 0 Å². The van der Waals surface area contributed by atoms with Gasteiger partial charge < -0.3 is 10.3 Å². The van der Waals surface area contributed by atoms with Crippen molar-refractivity contribution in [2.75, 3.05) is 5.32 Å². The summed E-state index contributed by atoms with van der Waals surface area (Å²) in [4.78, 5) is 25.8. The number of amides is 2. The smallest absolute Gasteiger partial charge is 0.287 e. The zero-order chi connectivity index (χ0) is 16.1. The first kappa shape index (κ1) is 16.0. The number of H-pyrrole nitrogens is 1. The number of rotatable bonds is 4. The highest BCUT2D eigenvalue weighted by Crippen LogP contribution is 2.12. The Balaban J connectivity index is 2.08. The third kappa shape index (κ3) is 4.29. The molecule has 6 nitrogen and oxygen atoms in total. The molecule has 114 valence electrons. The Labute approximate surface area is 136 Å². The topological polar surface area (TPSA) is 86.3 Å². The first-order valence-electron chi connectivity index (χ1n) is 6.52. The molecular weight excluding hydrogens is 348 g/mol. The number of benzene rings is 1. The van der Waals surface area contributed by atoms with Crippen molar-refractivity contribution in [1.82, 2.24) is 10.4 Å². The molecule has 0 radical (unpaired) electrons. The molecule has 0 unspecified atom stereocenters. The molecule has 2 aromatic rings. The number of anilines is 1. The van der Waals surface area contributed by atoms with Crippen LogP contribution in [0.1, 0.15) is 29.9 Å². The highest BCUT2D eigenvalue weighted by molar-refractivity contribution is 9.10. The average molecular weight is 363 g/mol. The van der Waals surface area contributed by atoms with E-state index in [9.17, 15) is 9.59 Å². The summed E-state index contributed by atoms with van der Waals surface area (Å²) in [6, 6.07) is 8.90. The highest BCUT2D eigenvalue weighted by Gasteiger charge is 2.07. The SMILES string of the molecule is CC(=O)Nc1cccc(/C(C)=N\NC(=O)c2cc(Br)c[nH]2)c1. The molecule has 1 heterocycles. The Kier molecular flexibility index (Phi) is 5.11. The average Bonchev–Trinajstić information content (AvgIpc) is 2.90. The molecule has 0 aliphatic carbocycles. The van der Waals surface area contributed by atoms with Crippen molar-refractivity contribution in [3.05, 3.63) is 52.3 Å². The van der Waals surface area contributed by atoms with Crippen LogP contribution in [0.2, 0.25) is 0 Å². The summed E-state index contributed by atoms with van der Waals surface area (Å²) >= 11 is 3.26. The number of hydrogen-bond acceptors (Lipinski definition) is 3. The molecule has 2 amide bonds. The minimum Gasteiger partial charge on any atom is -0.356 e. The Morgan fingerprint density at radius 1 is 1.23 bits per heavy atom. The van der Waals surface area contributed by atoms with Gasteiger partial charge in [0, 0.05) is 23.3 Å². The summed E-state index contributed by atoms with van der Waals surface area (Å²) in [5, 5.41) is 6.77. The number of aromatic nitrogens is 1. The fourth-order valence-electron chi connectivity index (χ4n) is 1.78. The quantitative estimate of drug-likeness (QED) is 0.576. The molecule has 2 rings (SSSR count). The van der Waals surface area contributed by atoms with Gasteiger partial charge in [0.1, 0.15) is 5.69 Å². The van der Waals surface area contributed by atoms with Crippen LogP contribution < -0.4 is 10.7 Å². The van der Waals surface area contributed by atoms with Crippen LogP contribution in [0.15, 0.2) is 46.1 Å². The molecule has 0 atom stereocenters. The summed E-state index contributed by atoms with van der Waals surface area (Å²) in [6.07, 6.45) is 1.67. The van der Waals surface area contributed by atoms with E-state index in [-0.39, 0.29) is 11.8 Å². The Bertz CT molecular complexity index is 737. The van der Waals surface area contributed by atoms with E-state index in [4.69, 9.17) is 0 Å². The molecule has 0 fully saturated rings. The normalized spacial score (nSPS) is 11.1. The summed E-state index contributed by atoms with van der Waals surface area (Å²) in [5.74, 6) is -0.472. The Morgan fingerprint density at radius 2 is 2.00 bits per heavy atom. The second-order valence-electron chi connectivity index (χ2n) is 4.63. The number of aromatic amines is 1. The van der Waals surface area contributed by atoms with Crippen LogP contribution in [-0.4, -0.2) is 22.5 Å². The van der Waals surface area contributed by atoms with Gasteiger partial charge in [0.2, 0.25) is 5.91 Å². The van der Waals surface area contributed by atoms with E-state index in [0.717, 1.165) is 10.0 Å². The number of carbonyl (C=O) groups excluding carboxylic acids is 2. The summed E-state index contributed by atoms with van der Waals surface area (Å²) in [7, 11) is 0. The van der Waals surface area contributed by atoms with Gasteiger partial charge in [0.05, 0.1) is 5.71 Å². The number of nitrogens with zero attached hydrogens (tertiary/aromatic N) is 1. The predicted octanol–water partition coefficient (Wildman–Crippen LogP) is 2.89. The molecule has 22 heavy (non-hydrogen) atoms. The van der Waals surface area contributed by atoms with Gasteiger partial charge >= 0.3 is 0 Å². The van der Waals surface area contributed by atoms with Gasteiger partial charge in [-0.3, -0.25) is 9.59 Å². The summed E-state index contributed by atoms with van der Waals surface area (Å²) < 4.78 is 0.793. The van der Waals surface area contributed by atoms with E-state index >= 15 is 0 Å². The van der Waals surface area contributed by atoms with E-state index in [1.165, 1.54) is 6.92 Å². The second-order valence-corrected chi connectivity index (χ2v) is 5.55. The molecule has 1 aromatic carbocycles. The lowest BCUT2D eigenvalue weighted by molar-refractivity contribution is -0.114. The van der Waals surface area contributed by atoms with Gasteiger partial charge in [-0.1, -0.05) is 12.1 Å². The maximum absolute atomic E-state index is 11.9. The zero-order valence-electron chi connectivity index (χ0n) is 12.1. The lowest BCUT2D eigenvalue weighted by Crippen LogP contribution is -2.19. The van der Waals surface area contributed by atoms with E-state index in [1.807, 2.05) is 12.1 Å². The summed E-state index contributed by atoms with van der Waals surface area (Å²) in [6.45, 7) is 3.22. The van der Waals surface area contributed by atoms with Crippen LogP contribution >= 0.6 is 15.9 Å². The van der Waals surface area contributed by atoms with E-state index in [1.54, 1.807) is 31.3 Å². The van der Waals surface area contributed by atoms with Crippen molar-refractivity contribution < 1.29 is 9.59 Å². The lowest BCUT2D eigenvalue weighted by atomic mass is 10.1. The van der Waals surface area contributed by atoms with E-state index < -0.39 is 0 Å². The zero-order valence-corrected chi connectivity index (χ0v) is 13.7. The third-order valence-electron chi connectivity index (χ3n) is 2.82. The molecule has 0 bridgehead atoms. The van der Waals surface area contributed by atoms with Crippen molar-refractivity contribution in [3.8, 4) is 0 Å². The van der Waals surface area contributed by atoms with Crippen molar-refractivity contribution in [1.29, 1.82) is 0 Å². The Hall–Kier alpha value is -2.41. The number of nitrogens with one attached hydrogen (secondary N) is 3. The highest BCUT2D eigenvalue weighted by atomic mass is 79.9. The van der Waals surface area contributed by atoms with Gasteiger partial charge in [0.15, 0.2) is 0 Å². The van der Waals surface area contributed by atoms with Crippen LogP contribution in [0.25, 0.3) is 0 Å². The second kappa shape index (κ2) is 7.04. The fourth-order valence-corrected chi connectivity index (χ4v) is 2.13. The molecular formula is C15H15BrN4O2. The van der Waals surface area contributed by atoms with Crippen LogP contribution in [0.3, 0.4) is 0 Å². The molecule has 7 heteroatoms. The van der Waals surface area contributed by atoms with Crippen LogP contribution in [-0.2, 0) is 4.79 Å². The Morgan fingerprint density at radius 3 is 2.64 bits per heavy atom. The maximum Gasteiger partial charge on any atom is 0.287 e. The van der Waals surface area contributed by atoms with Gasteiger partial charge in [0.25, 0.3) is 5.91 Å². The van der Waals surface area contributed by atoms with Crippen molar-refractivity contribution in [3.63, 3.8) is 0 Å². The molecule has 0 saturated heterocycles. The fraction of sp³-hybridized carbons (Fsp3) is 0.133. The molecule has 0 saturated carbocycles. The molecule has 0 aliphatic heterocycles. The van der Waals surface area contributed by atoms with Gasteiger partial charge in [-0.05, 0) is 46.6 Å². The molecule has 0 aliphatic rings. The number of hydrogen-bond donors (Lipinski definition) is 3. The van der Waals surface area contributed by atoms with E-state index in [2.05, 4.69) is 36.8 Å². The number of carbonyl (C=O) groups is 2. The minimum atomic E-state index is -0.330. The standard InChI is InChI=1S/C15H15BrN4O2/c1-9(11-4-3-5-13(6-11)18-10(2)21)19-20-15(22)14-7-12(16)8-17-14/h3-8,17H,1-2H3,(H,18,21)(H,20,22)/b19-9-. The molecule has 0 spiro atoms. The first-order chi connectivity index (χ1) is 10.5. The molecule has 1 aromatic heterocycles. The maximum atomic E-state index is 11.9. The predicted molar refractivity (Wildman–Crippen MR) is 88.9 cm³/mol. The van der Waals surface area contributed by atoms with Gasteiger partial charge in [-0.25, -0.2) is 5.43 Å². The monoisotopic (exact) mass is 362 g/mol. The molecule has 3 N–H and O–H groups in total. The van der Waals surface area contributed by atoms with Gasteiger partial charge in [-0.2, -0.15) is 5.10 Å². The van der Waals surface area contributed by atoms with Crippen molar-refractivity contribution >= 4 is 39.1 Å². The third-order valence-corrected chi connectivity index (χ3v) is 3.28. The first-order valence-corrected chi connectivity index (χ1v) is 7.31. The van der Waals surface area contributed by atoms with Crippen molar-refractivity contribution in [2.24, 2.45) is 5.10 Å². The van der Waals surface area contributed by atoms with Crippen molar-refractivity contribution in [2.45, 2.75) is 13.8 Å².